The fourth-order valence-electron chi connectivity index (χ4n) is 2.47. The molecule has 0 radical (unpaired) electrons. The topological polar surface area (TPSA) is 69.0 Å². The number of methoxy groups -OCH3 is 1. The van der Waals surface area contributed by atoms with Crippen molar-refractivity contribution in [2.45, 2.75) is 13.3 Å². The third kappa shape index (κ3) is 3.12. The lowest BCUT2D eigenvalue weighted by Gasteiger charge is -2.08. The number of rotatable bonds is 5. The summed E-state index contributed by atoms with van der Waals surface area (Å²) in [5.74, 6) is 0.292. The number of pyridine rings is 1. The predicted molar refractivity (Wildman–Crippen MR) is 91.7 cm³/mol. The number of aromatic nitrogens is 3. The number of hydrogen-bond donors (Lipinski definition) is 1. The van der Waals surface area contributed by atoms with Crippen LogP contribution in [-0.2, 0) is 6.42 Å². The zero-order chi connectivity index (χ0) is 16.9. The first kappa shape index (κ1) is 15.7. The molecule has 24 heavy (non-hydrogen) atoms. The van der Waals surface area contributed by atoms with Gasteiger partial charge < -0.3 is 10.1 Å². The lowest BCUT2D eigenvalue weighted by Crippen LogP contribution is -2.14. The first-order valence-corrected chi connectivity index (χ1v) is 7.66. The Hall–Kier alpha value is -3.15. The van der Waals surface area contributed by atoms with E-state index in [1.165, 1.54) is 0 Å². The van der Waals surface area contributed by atoms with Crippen LogP contribution in [0.3, 0.4) is 0 Å². The van der Waals surface area contributed by atoms with Gasteiger partial charge in [-0.15, -0.1) is 0 Å². The van der Waals surface area contributed by atoms with Gasteiger partial charge in [-0.1, -0.05) is 25.1 Å². The molecule has 0 unspecified atom stereocenters. The third-order valence-corrected chi connectivity index (χ3v) is 3.65. The van der Waals surface area contributed by atoms with Crippen LogP contribution < -0.4 is 10.1 Å². The molecule has 0 fully saturated rings. The Kier molecular flexibility index (Phi) is 4.56. The largest absolute Gasteiger partial charge is 0.481 e. The van der Waals surface area contributed by atoms with Crippen molar-refractivity contribution in [3.8, 4) is 11.6 Å². The molecule has 1 N–H and O–H groups in total. The second-order valence-corrected chi connectivity index (χ2v) is 5.15. The number of benzene rings is 1. The minimum absolute atomic E-state index is 0.207. The summed E-state index contributed by atoms with van der Waals surface area (Å²) in [5.41, 5.74) is 2.95. The average molecular weight is 322 g/mol. The van der Waals surface area contributed by atoms with E-state index in [0.29, 0.717) is 23.6 Å². The Labute approximate surface area is 140 Å². The molecule has 3 aromatic rings. The van der Waals surface area contributed by atoms with Crippen molar-refractivity contribution in [1.29, 1.82) is 0 Å². The van der Waals surface area contributed by atoms with Crippen molar-refractivity contribution >= 4 is 11.6 Å². The standard InChI is InChI=1S/C18H18N4O2/c1-3-16-15(12-20-22(16)14-7-5-4-6-8-14)18(23)21-13-9-10-17(24-2)19-11-13/h4-12H,3H2,1-2H3,(H,21,23). The summed E-state index contributed by atoms with van der Waals surface area (Å²) in [5, 5.41) is 7.21. The lowest BCUT2D eigenvalue weighted by atomic mass is 10.2. The molecule has 0 aliphatic heterocycles. The molecule has 0 bridgehead atoms. The average Bonchev–Trinajstić information content (AvgIpc) is 3.07. The Morgan fingerprint density at radius 1 is 1.17 bits per heavy atom. The van der Waals surface area contributed by atoms with Crippen molar-refractivity contribution < 1.29 is 9.53 Å². The molecule has 0 spiro atoms. The highest BCUT2D eigenvalue weighted by Gasteiger charge is 2.17. The number of nitrogens with zero attached hydrogens (tertiary/aromatic N) is 3. The molecule has 6 heteroatoms. The Morgan fingerprint density at radius 3 is 2.58 bits per heavy atom. The quantitative estimate of drug-likeness (QED) is 0.784. The normalized spacial score (nSPS) is 10.4. The number of carbonyl (C=O) groups excluding carboxylic acids is 1. The van der Waals surface area contributed by atoms with Gasteiger partial charge >= 0.3 is 0 Å². The van der Waals surface area contributed by atoms with Gasteiger partial charge in [0.1, 0.15) is 0 Å². The van der Waals surface area contributed by atoms with Crippen molar-refractivity contribution in [3.05, 3.63) is 66.1 Å². The van der Waals surface area contributed by atoms with Crippen LogP contribution in [0, 0.1) is 0 Å². The molecule has 1 aromatic carbocycles. The number of para-hydroxylation sites is 1. The van der Waals surface area contributed by atoms with E-state index in [4.69, 9.17) is 4.74 Å². The van der Waals surface area contributed by atoms with E-state index < -0.39 is 0 Å². The van der Waals surface area contributed by atoms with Gasteiger partial charge in [-0.2, -0.15) is 5.10 Å². The van der Waals surface area contributed by atoms with E-state index in [2.05, 4.69) is 15.4 Å². The lowest BCUT2D eigenvalue weighted by molar-refractivity contribution is 0.102. The van der Waals surface area contributed by atoms with Gasteiger partial charge in [0.05, 0.1) is 42.1 Å². The van der Waals surface area contributed by atoms with Crippen molar-refractivity contribution in [3.63, 3.8) is 0 Å². The second kappa shape index (κ2) is 6.95. The van der Waals surface area contributed by atoms with Gasteiger partial charge in [0.25, 0.3) is 5.91 Å². The second-order valence-electron chi connectivity index (χ2n) is 5.15. The van der Waals surface area contributed by atoms with Gasteiger partial charge in [-0.3, -0.25) is 4.79 Å². The molecule has 0 atom stereocenters. The summed E-state index contributed by atoms with van der Waals surface area (Å²) in [6.45, 7) is 2.00. The van der Waals surface area contributed by atoms with Gasteiger partial charge in [0.2, 0.25) is 5.88 Å². The Balaban J connectivity index is 1.86. The maximum Gasteiger partial charge on any atom is 0.259 e. The Bertz CT molecular complexity index is 826. The Morgan fingerprint density at radius 2 is 1.96 bits per heavy atom. The fraction of sp³-hybridized carbons (Fsp3) is 0.167. The van der Waals surface area contributed by atoms with E-state index in [1.54, 1.807) is 36.3 Å². The first-order valence-electron chi connectivity index (χ1n) is 7.66. The maximum atomic E-state index is 12.6. The summed E-state index contributed by atoms with van der Waals surface area (Å²) in [7, 11) is 1.55. The van der Waals surface area contributed by atoms with Crippen LogP contribution in [0.2, 0.25) is 0 Å². The van der Waals surface area contributed by atoms with Crippen LogP contribution in [0.4, 0.5) is 5.69 Å². The van der Waals surface area contributed by atoms with E-state index in [-0.39, 0.29) is 5.91 Å². The van der Waals surface area contributed by atoms with Crippen LogP contribution in [0.1, 0.15) is 23.0 Å². The summed E-state index contributed by atoms with van der Waals surface area (Å²) >= 11 is 0. The smallest absolute Gasteiger partial charge is 0.259 e. The van der Waals surface area contributed by atoms with E-state index in [9.17, 15) is 4.79 Å². The molecular weight excluding hydrogens is 304 g/mol. The van der Waals surface area contributed by atoms with Crippen LogP contribution in [0.15, 0.2) is 54.9 Å². The molecule has 0 aliphatic carbocycles. The van der Waals surface area contributed by atoms with E-state index >= 15 is 0 Å². The third-order valence-electron chi connectivity index (χ3n) is 3.65. The van der Waals surface area contributed by atoms with Gasteiger partial charge in [-0.25, -0.2) is 9.67 Å². The first-order chi connectivity index (χ1) is 11.7. The molecule has 0 aliphatic rings. The predicted octanol–water partition coefficient (Wildman–Crippen LogP) is 3.09. The fourth-order valence-corrected chi connectivity index (χ4v) is 2.47. The number of anilines is 1. The molecule has 122 valence electrons. The van der Waals surface area contributed by atoms with Crippen LogP contribution in [0.25, 0.3) is 5.69 Å². The SMILES string of the molecule is CCc1c(C(=O)Nc2ccc(OC)nc2)cnn1-c1ccccc1. The summed E-state index contributed by atoms with van der Waals surface area (Å²) in [6.07, 6.45) is 3.85. The number of hydrogen-bond acceptors (Lipinski definition) is 4. The summed E-state index contributed by atoms with van der Waals surface area (Å²) < 4.78 is 6.80. The molecule has 6 nitrogen and oxygen atoms in total. The van der Waals surface area contributed by atoms with Crippen LogP contribution >= 0.6 is 0 Å². The number of ether oxygens (including phenoxy) is 1. The monoisotopic (exact) mass is 322 g/mol. The van der Waals surface area contributed by atoms with Crippen molar-refractivity contribution in [2.24, 2.45) is 0 Å². The number of carbonyl (C=O) groups is 1. The summed E-state index contributed by atoms with van der Waals surface area (Å²) in [4.78, 5) is 16.7. The van der Waals surface area contributed by atoms with E-state index in [1.807, 2.05) is 37.3 Å². The number of nitrogens with one attached hydrogen (secondary N) is 1. The maximum absolute atomic E-state index is 12.6. The summed E-state index contributed by atoms with van der Waals surface area (Å²) in [6, 6.07) is 13.2. The molecule has 0 saturated carbocycles. The highest BCUT2D eigenvalue weighted by atomic mass is 16.5. The van der Waals surface area contributed by atoms with Crippen molar-refractivity contribution in [1.82, 2.24) is 14.8 Å². The minimum Gasteiger partial charge on any atom is -0.481 e. The molecule has 3 rings (SSSR count). The highest BCUT2D eigenvalue weighted by molar-refractivity contribution is 6.05. The number of amides is 1. The van der Waals surface area contributed by atoms with Gasteiger partial charge in [0.15, 0.2) is 0 Å². The molecule has 0 saturated heterocycles. The van der Waals surface area contributed by atoms with Crippen molar-refractivity contribution in [2.75, 3.05) is 12.4 Å². The zero-order valence-corrected chi connectivity index (χ0v) is 13.6. The molecule has 2 aromatic heterocycles. The zero-order valence-electron chi connectivity index (χ0n) is 13.6. The van der Waals surface area contributed by atoms with Gasteiger partial charge in [-0.05, 0) is 24.6 Å². The highest BCUT2D eigenvalue weighted by Crippen LogP contribution is 2.18. The molecular formula is C18H18N4O2. The van der Waals surface area contributed by atoms with Crippen LogP contribution in [-0.4, -0.2) is 27.8 Å². The van der Waals surface area contributed by atoms with Crippen LogP contribution in [0.5, 0.6) is 5.88 Å². The molecule has 2 heterocycles. The van der Waals surface area contributed by atoms with Gasteiger partial charge in [0, 0.05) is 6.07 Å². The van der Waals surface area contributed by atoms with E-state index in [0.717, 1.165) is 11.4 Å². The minimum atomic E-state index is -0.207. The molecule has 1 amide bonds.